The molecule has 2 N–H and O–H groups in total. The van der Waals surface area contributed by atoms with Crippen LogP contribution in [0.1, 0.15) is 25.0 Å². The van der Waals surface area contributed by atoms with Gasteiger partial charge in [0.25, 0.3) is 0 Å². The summed E-state index contributed by atoms with van der Waals surface area (Å²) >= 11 is 0. The van der Waals surface area contributed by atoms with Crippen LogP contribution < -0.4 is 15.5 Å². The Kier molecular flexibility index (Phi) is 3.71. The van der Waals surface area contributed by atoms with Crippen LogP contribution in [0.3, 0.4) is 0 Å². The summed E-state index contributed by atoms with van der Waals surface area (Å²) in [5, 5.41) is 13.5. The van der Waals surface area contributed by atoms with E-state index in [1.807, 2.05) is 13.0 Å². The van der Waals surface area contributed by atoms with Gasteiger partial charge in [0, 0.05) is 13.0 Å². The second-order valence-corrected chi connectivity index (χ2v) is 7.21. The van der Waals surface area contributed by atoms with Crippen molar-refractivity contribution >= 4 is 23.5 Å². The number of ether oxygens (including phenoxy) is 1. The number of nitrogens with one attached hydrogen (secondary N) is 2. The molecule has 0 radical (unpaired) electrons. The fraction of sp³-hybridized carbons (Fsp3) is 0.444. The van der Waals surface area contributed by atoms with Crippen molar-refractivity contribution in [2.24, 2.45) is 5.41 Å². The van der Waals surface area contributed by atoms with E-state index in [4.69, 9.17) is 10.00 Å². The Bertz CT molecular complexity index is 905. The number of hydrogen-bond acceptors (Lipinski definition) is 6. The lowest BCUT2D eigenvalue weighted by molar-refractivity contribution is -0.153. The third kappa shape index (κ3) is 2.33. The third-order valence-corrected chi connectivity index (χ3v) is 5.48. The standard InChI is InChI=1S/C18H17FN4O4/c1-8-7-23-13-11(3-10(6-20)4-12(13)19)5-18(14(23)9(2)27-8)15(24)21-17(26)22-16(18)25/h3-4,8-9,14H,5,7H2,1-2H3,(H2,21,22,24,25,26)/t8-,9+,14-/m1/s1. The van der Waals surface area contributed by atoms with Crippen molar-refractivity contribution in [3.05, 3.63) is 29.1 Å². The Morgan fingerprint density at radius 1 is 1.26 bits per heavy atom. The second kappa shape index (κ2) is 5.76. The highest BCUT2D eigenvalue weighted by atomic mass is 19.1. The summed E-state index contributed by atoms with van der Waals surface area (Å²) in [5.41, 5.74) is -0.921. The molecular weight excluding hydrogens is 355 g/mol. The predicted molar refractivity (Wildman–Crippen MR) is 90.1 cm³/mol. The van der Waals surface area contributed by atoms with E-state index in [-0.39, 0.29) is 30.3 Å². The summed E-state index contributed by atoms with van der Waals surface area (Å²) in [6.07, 6.45) is -0.963. The second-order valence-electron chi connectivity index (χ2n) is 7.21. The molecule has 4 rings (SSSR count). The molecule has 0 saturated carbocycles. The molecule has 1 aromatic rings. The van der Waals surface area contributed by atoms with Crippen molar-refractivity contribution in [2.45, 2.75) is 38.5 Å². The highest BCUT2D eigenvalue weighted by Gasteiger charge is 2.63. The van der Waals surface area contributed by atoms with E-state index >= 15 is 0 Å². The summed E-state index contributed by atoms with van der Waals surface area (Å²) in [6, 6.07) is 2.84. The van der Waals surface area contributed by atoms with Crippen LogP contribution in [0, 0.1) is 22.6 Å². The van der Waals surface area contributed by atoms with Gasteiger partial charge in [0.15, 0.2) is 5.41 Å². The fourth-order valence-electron chi connectivity index (χ4n) is 4.60. The topological polar surface area (TPSA) is 112 Å². The predicted octanol–water partition coefficient (Wildman–Crippen LogP) is 0.588. The first-order valence-corrected chi connectivity index (χ1v) is 8.59. The normalized spacial score (nSPS) is 28.7. The maximum Gasteiger partial charge on any atom is 0.328 e. The van der Waals surface area contributed by atoms with Gasteiger partial charge in [-0.05, 0) is 31.5 Å². The van der Waals surface area contributed by atoms with Crippen molar-refractivity contribution in [2.75, 3.05) is 11.4 Å². The van der Waals surface area contributed by atoms with Gasteiger partial charge in [-0.2, -0.15) is 5.26 Å². The van der Waals surface area contributed by atoms with Crippen LogP contribution >= 0.6 is 0 Å². The number of urea groups is 1. The van der Waals surface area contributed by atoms with Crippen LogP contribution in [-0.2, 0) is 20.7 Å². The molecule has 0 unspecified atom stereocenters. The zero-order valence-corrected chi connectivity index (χ0v) is 14.7. The van der Waals surface area contributed by atoms with Gasteiger partial charge in [-0.25, -0.2) is 9.18 Å². The van der Waals surface area contributed by atoms with Crippen LogP contribution in [0.15, 0.2) is 12.1 Å². The maximum absolute atomic E-state index is 14.9. The molecule has 3 aliphatic heterocycles. The first kappa shape index (κ1) is 17.4. The number of anilines is 1. The molecule has 0 aliphatic carbocycles. The number of morpholine rings is 1. The molecule has 3 heterocycles. The Balaban J connectivity index is 1.96. The number of imide groups is 2. The molecule has 0 bridgehead atoms. The fourth-order valence-corrected chi connectivity index (χ4v) is 4.60. The number of carbonyl (C=O) groups excluding carboxylic acids is 3. The molecular formula is C18H17FN4O4. The molecule has 27 heavy (non-hydrogen) atoms. The first-order chi connectivity index (χ1) is 12.8. The molecule has 3 aliphatic rings. The summed E-state index contributed by atoms with van der Waals surface area (Å²) in [7, 11) is 0. The average Bonchev–Trinajstić information content (AvgIpc) is 2.58. The van der Waals surface area contributed by atoms with Crippen LogP contribution in [0.5, 0.6) is 0 Å². The monoisotopic (exact) mass is 372 g/mol. The van der Waals surface area contributed by atoms with Gasteiger partial charge in [-0.1, -0.05) is 0 Å². The number of nitrogens with zero attached hydrogens (tertiary/aromatic N) is 2. The zero-order valence-electron chi connectivity index (χ0n) is 14.7. The summed E-state index contributed by atoms with van der Waals surface area (Å²) in [6.45, 7) is 3.81. The number of halogens is 1. The van der Waals surface area contributed by atoms with Crippen LogP contribution in [-0.4, -0.2) is 42.6 Å². The molecule has 3 atom stereocenters. The maximum atomic E-state index is 14.9. The largest absolute Gasteiger partial charge is 0.372 e. The number of hydrogen-bond donors (Lipinski definition) is 2. The smallest absolute Gasteiger partial charge is 0.328 e. The van der Waals surface area contributed by atoms with Crippen LogP contribution in [0.4, 0.5) is 14.9 Å². The Hall–Kier alpha value is -2.99. The van der Waals surface area contributed by atoms with E-state index in [1.165, 1.54) is 6.07 Å². The lowest BCUT2D eigenvalue weighted by Crippen LogP contribution is -2.75. The molecule has 4 amide bonds. The molecule has 8 nitrogen and oxygen atoms in total. The first-order valence-electron chi connectivity index (χ1n) is 8.59. The van der Waals surface area contributed by atoms with Crippen LogP contribution in [0.2, 0.25) is 0 Å². The van der Waals surface area contributed by atoms with Crippen molar-refractivity contribution in [1.82, 2.24) is 10.6 Å². The van der Waals surface area contributed by atoms with E-state index in [2.05, 4.69) is 10.6 Å². The van der Waals surface area contributed by atoms with Gasteiger partial charge < -0.3 is 9.64 Å². The number of fused-ring (bicyclic) bond motifs is 4. The number of carbonyl (C=O) groups is 3. The SMILES string of the molecule is C[C@@H]1CN2c3c(F)cc(C#N)cc3CC3(C(=O)NC(=O)NC3=O)[C@H]2[C@H](C)O1. The summed E-state index contributed by atoms with van der Waals surface area (Å²) in [4.78, 5) is 39.0. The van der Waals surface area contributed by atoms with E-state index in [9.17, 15) is 18.8 Å². The van der Waals surface area contributed by atoms with Gasteiger partial charge in [-0.15, -0.1) is 0 Å². The number of rotatable bonds is 0. The van der Waals surface area contributed by atoms with E-state index in [0.717, 1.165) is 6.07 Å². The Labute approximate surface area is 154 Å². The lowest BCUT2D eigenvalue weighted by atomic mass is 9.66. The molecule has 1 spiro atoms. The highest BCUT2D eigenvalue weighted by Crippen LogP contribution is 2.47. The van der Waals surface area contributed by atoms with E-state index < -0.39 is 41.2 Å². The third-order valence-electron chi connectivity index (χ3n) is 5.48. The summed E-state index contributed by atoms with van der Waals surface area (Å²) < 4.78 is 20.7. The summed E-state index contributed by atoms with van der Waals surface area (Å²) in [5.74, 6) is -2.08. The van der Waals surface area contributed by atoms with Crippen molar-refractivity contribution < 1.29 is 23.5 Å². The molecule has 140 valence electrons. The van der Waals surface area contributed by atoms with Gasteiger partial charge in [0.1, 0.15) is 5.82 Å². The van der Waals surface area contributed by atoms with Gasteiger partial charge in [0.2, 0.25) is 11.8 Å². The highest BCUT2D eigenvalue weighted by molar-refractivity contribution is 6.20. The Morgan fingerprint density at radius 3 is 2.56 bits per heavy atom. The average molecular weight is 372 g/mol. The Morgan fingerprint density at radius 2 is 1.93 bits per heavy atom. The number of benzene rings is 1. The number of barbiturate groups is 1. The van der Waals surface area contributed by atoms with Gasteiger partial charge in [-0.3, -0.25) is 20.2 Å². The molecule has 1 aromatic carbocycles. The number of nitriles is 1. The van der Waals surface area contributed by atoms with Crippen molar-refractivity contribution in [3.63, 3.8) is 0 Å². The molecule has 9 heteroatoms. The minimum atomic E-state index is -1.67. The molecule has 0 aromatic heterocycles. The minimum absolute atomic E-state index is 0.0990. The zero-order chi connectivity index (χ0) is 19.5. The molecule has 2 fully saturated rings. The van der Waals surface area contributed by atoms with Crippen LogP contribution in [0.25, 0.3) is 0 Å². The number of amides is 4. The van der Waals surface area contributed by atoms with Gasteiger partial charge >= 0.3 is 6.03 Å². The van der Waals surface area contributed by atoms with E-state index in [1.54, 1.807) is 11.8 Å². The minimum Gasteiger partial charge on any atom is -0.372 e. The van der Waals surface area contributed by atoms with Crippen molar-refractivity contribution in [1.29, 1.82) is 5.26 Å². The quantitative estimate of drug-likeness (QED) is 0.645. The van der Waals surface area contributed by atoms with E-state index in [0.29, 0.717) is 5.56 Å². The van der Waals surface area contributed by atoms with Gasteiger partial charge in [0.05, 0.1) is 35.6 Å². The lowest BCUT2D eigenvalue weighted by Gasteiger charge is -2.55. The van der Waals surface area contributed by atoms with Crippen molar-refractivity contribution in [3.8, 4) is 6.07 Å². The molecule has 2 saturated heterocycles.